The van der Waals surface area contributed by atoms with Crippen LogP contribution < -0.4 is 5.32 Å². The van der Waals surface area contributed by atoms with E-state index in [9.17, 15) is 9.59 Å². The van der Waals surface area contributed by atoms with E-state index in [1.807, 2.05) is 44.2 Å². The van der Waals surface area contributed by atoms with Gasteiger partial charge in [-0.05, 0) is 71.2 Å². The molecule has 0 atom stereocenters. The molecule has 2 rings (SSSR count). The van der Waals surface area contributed by atoms with Crippen molar-refractivity contribution in [3.63, 3.8) is 0 Å². The Hall–Kier alpha value is -2.62. The highest BCUT2D eigenvalue weighted by Crippen LogP contribution is 2.30. The average Bonchev–Trinajstić information content (AvgIpc) is 2.61. The summed E-state index contributed by atoms with van der Waals surface area (Å²) in [5.41, 5.74) is 5.35. The van der Waals surface area contributed by atoms with Crippen molar-refractivity contribution < 1.29 is 14.3 Å². The number of ether oxygens (including phenoxy) is 1. The van der Waals surface area contributed by atoms with Gasteiger partial charge in [-0.3, -0.25) is 4.79 Å². The van der Waals surface area contributed by atoms with Crippen molar-refractivity contribution in [3.8, 4) is 0 Å². The molecule has 0 aliphatic heterocycles. The molecule has 0 radical (unpaired) electrons. The number of carbonyl (C=O) groups excluding carboxylic acids is 2. The molecule has 156 valence electrons. The highest BCUT2D eigenvalue weighted by Gasteiger charge is 2.23. The van der Waals surface area contributed by atoms with Crippen LogP contribution in [-0.2, 0) is 20.4 Å². The smallest absolute Gasteiger partial charge is 0.338 e. The van der Waals surface area contributed by atoms with Crippen LogP contribution in [0.4, 0.5) is 5.69 Å². The van der Waals surface area contributed by atoms with Crippen LogP contribution >= 0.6 is 0 Å². The van der Waals surface area contributed by atoms with E-state index in [1.165, 1.54) is 0 Å². The lowest BCUT2D eigenvalue weighted by atomic mass is 9.79. The summed E-state index contributed by atoms with van der Waals surface area (Å²) >= 11 is 0. The first-order valence-corrected chi connectivity index (χ1v) is 9.97. The Morgan fingerprint density at radius 2 is 1.38 bits per heavy atom. The zero-order chi connectivity index (χ0) is 22.0. The number of anilines is 1. The number of esters is 1. The molecule has 0 saturated heterocycles. The maximum absolute atomic E-state index is 12.7. The Morgan fingerprint density at radius 3 is 1.86 bits per heavy atom. The van der Waals surface area contributed by atoms with Crippen LogP contribution in [0.5, 0.6) is 0 Å². The van der Waals surface area contributed by atoms with Gasteiger partial charge in [0.15, 0.2) is 6.61 Å². The summed E-state index contributed by atoms with van der Waals surface area (Å²) in [5.74, 6) is -0.846. The first-order valence-electron chi connectivity index (χ1n) is 9.97. The van der Waals surface area contributed by atoms with Crippen LogP contribution in [0.15, 0.2) is 36.4 Å². The van der Waals surface area contributed by atoms with Gasteiger partial charge in [0.05, 0.1) is 5.56 Å². The zero-order valence-electron chi connectivity index (χ0n) is 18.9. The molecule has 0 aliphatic carbocycles. The second kappa shape index (κ2) is 8.40. The van der Waals surface area contributed by atoms with Crippen molar-refractivity contribution in [2.45, 2.75) is 66.2 Å². The Morgan fingerprint density at radius 1 is 0.828 bits per heavy atom. The average molecular weight is 396 g/mol. The van der Waals surface area contributed by atoms with E-state index < -0.39 is 5.97 Å². The second-order valence-corrected chi connectivity index (χ2v) is 9.72. The molecule has 0 unspecified atom stereocenters. The van der Waals surface area contributed by atoms with Crippen molar-refractivity contribution in [2.24, 2.45) is 0 Å². The van der Waals surface area contributed by atoms with Gasteiger partial charge in [0.2, 0.25) is 0 Å². The van der Waals surface area contributed by atoms with Gasteiger partial charge in [-0.2, -0.15) is 0 Å². The fraction of sp³-hybridized carbons (Fsp3) is 0.440. The van der Waals surface area contributed by atoms with Crippen molar-refractivity contribution in [1.29, 1.82) is 0 Å². The van der Waals surface area contributed by atoms with E-state index in [1.54, 1.807) is 0 Å². The summed E-state index contributed by atoms with van der Waals surface area (Å²) in [6.07, 6.45) is 0. The highest BCUT2D eigenvalue weighted by molar-refractivity contribution is 5.95. The van der Waals surface area contributed by atoms with Gasteiger partial charge in [0.1, 0.15) is 0 Å². The summed E-state index contributed by atoms with van der Waals surface area (Å²) in [5, 5.41) is 2.77. The molecule has 1 N–H and O–H groups in total. The minimum absolute atomic E-state index is 0.100. The number of aryl methyl sites for hydroxylation is 2. The van der Waals surface area contributed by atoms with Crippen molar-refractivity contribution in [1.82, 2.24) is 0 Å². The predicted octanol–water partition coefficient (Wildman–Crippen LogP) is 5.69. The van der Waals surface area contributed by atoms with E-state index in [-0.39, 0.29) is 23.3 Å². The second-order valence-electron chi connectivity index (χ2n) is 9.72. The monoisotopic (exact) mass is 395 g/mol. The van der Waals surface area contributed by atoms with Gasteiger partial charge in [-0.1, -0.05) is 53.7 Å². The number of hydrogen-bond donors (Lipinski definition) is 1. The normalized spacial score (nSPS) is 11.9. The molecular formula is C25H33NO3. The Labute approximate surface area is 174 Å². The molecular weight excluding hydrogens is 362 g/mol. The maximum atomic E-state index is 12.7. The van der Waals surface area contributed by atoms with E-state index in [0.717, 1.165) is 22.3 Å². The number of benzene rings is 2. The molecule has 0 bridgehead atoms. The van der Waals surface area contributed by atoms with Gasteiger partial charge in [-0.25, -0.2) is 4.79 Å². The van der Waals surface area contributed by atoms with Crippen LogP contribution in [0.25, 0.3) is 0 Å². The molecule has 29 heavy (non-hydrogen) atoms. The van der Waals surface area contributed by atoms with E-state index in [0.29, 0.717) is 11.3 Å². The van der Waals surface area contributed by atoms with Crippen LogP contribution in [0.3, 0.4) is 0 Å². The molecule has 0 spiro atoms. The zero-order valence-corrected chi connectivity index (χ0v) is 18.9. The largest absolute Gasteiger partial charge is 0.452 e. The van der Waals surface area contributed by atoms with Gasteiger partial charge in [0, 0.05) is 5.69 Å². The van der Waals surface area contributed by atoms with Gasteiger partial charge in [0.25, 0.3) is 5.91 Å². The maximum Gasteiger partial charge on any atom is 0.338 e. The van der Waals surface area contributed by atoms with E-state index in [4.69, 9.17) is 4.74 Å². The Bertz CT molecular complexity index is 882. The molecule has 0 fully saturated rings. The van der Waals surface area contributed by atoms with Crippen molar-refractivity contribution in [2.75, 3.05) is 11.9 Å². The molecule has 2 aromatic rings. The summed E-state index contributed by atoms with van der Waals surface area (Å²) in [6, 6.07) is 11.5. The van der Waals surface area contributed by atoms with Gasteiger partial charge >= 0.3 is 5.97 Å². The van der Waals surface area contributed by atoms with Gasteiger partial charge in [-0.15, -0.1) is 0 Å². The lowest BCUT2D eigenvalue weighted by Crippen LogP contribution is -2.22. The number of hydrogen-bond acceptors (Lipinski definition) is 3. The molecule has 2 aromatic carbocycles. The number of amides is 1. The summed E-state index contributed by atoms with van der Waals surface area (Å²) in [6.45, 7) is 16.3. The summed E-state index contributed by atoms with van der Waals surface area (Å²) in [4.78, 5) is 24.9. The SMILES string of the molecule is Cc1ccc(NC(=O)COC(=O)c2cc(C(C)(C)C)cc(C(C)(C)C)c2)cc1C. The van der Waals surface area contributed by atoms with Crippen molar-refractivity contribution in [3.05, 3.63) is 64.2 Å². The highest BCUT2D eigenvalue weighted by atomic mass is 16.5. The van der Waals surface area contributed by atoms with E-state index >= 15 is 0 Å². The first-order chi connectivity index (χ1) is 13.3. The third-order valence-corrected chi connectivity index (χ3v) is 5.03. The van der Waals surface area contributed by atoms with E-state index in [2.05, 4.69) is 52.9 Å². The number of nitrogens with one attached hydrogen (secondary N) is 1. The molecule has 0 aromatic heterocycles. The van der Waals surface area contributed by atoms with Crippen LogP contribution in [0.2, 0.25) is 0 Å². The quantitative estimate of drug-likeness (QED) is 0.676. The minimum Gasteiger partial charge on any atom is -0.452 e. The van der Waals surface area contributed by atoms with Crippen LogP contribution in [0.1, 0.15) is 74.2 Å². The molecule has 4 heteroatoms. The topological polar surface area (TPSA) is 55.4 Å². The summed E-state index contributed by atoms with van der Waals surface area (Å²) in [7, 11) is 0. The number of rotatable bonds is 4. The molecule has 1 amide bonds. The Balaban J connectivity index is 2.13. The third-order valence-electron chi connectivity index (χ3n) is 5.03. The molecule has 0 saturated carbocycles. The number of carbonyl (C=O) groups is 2. The fourth-order valence-corrected chi connectivity index (χ4v) is 2.84. The first kappa shape index (κ1) is 22.7. The third kappa shape index (κ3) is 6.18. The Kier molecular flexibility index (Phi) is 6.56. The fourth-order valence-electron chi connectivity index (χ4n) is 2.84. The lowest BCUT2D eigenvalue weighted by molar-refractivity contribution is -0.119. The standard InChI is InChI=1S/C25H33NO3/c1-16-9-10-21(11-17(16)2)26-22(27)15-29-23(28)18-12-19(24(3,4)5)14-20(13-18)25(6,7)8/h9-14H,15H2,1-8H3,(H,26,27). The van der Waals surface area contributed by atoms with Gasteiger partial charge < -0.3 is 10.1 Å². The summed E-state index contributed by atoms with van der Waals surface area (Å²) < 4.78 is 5.30. The minimum atomic E-state index is -0.489. The van der Waals surface area contributed by atoms with Crippen molar-refractivity contribution >= 4 is 17.6 Å². The van der Waals surface area contributed by atoms with Crippen LogP contribution in [0, 0.1) is 13.8 Å². The molecule has 0 heterocycles. The molecule has 0 aliphatic rings. The predicted molar refractivity (Wildman–Crippen MR) is 119 cm³/mol. The molecule has 4 nitrogen and oxygen atoms in total. The lowest BCUT2D eigenvalue weighted by Gasteiger charge is -2.25. The van der Waals surface area contributed by atoms with Crippen LogP contribution in [-0.4, -0.2) is 18.5 Å².